The monoisotopic (exact) mass is 437 g/mol. The summed E-state index contributed by atoms with van der Waals surface area (Å²) in [6.07, 6.45) is -0.978. The Hall–Kier alpha value is -3.54. The highest BCUT2D eigenvalue weighted by Gasteiger charge is 2.31. The van der Waals surface area contributed by atoms with Crippen molar-refractivity contribution < 1.29 is 27.5 Å². The maximum absolute atomic E-state index is 12.3. The molecule has 3 aromatic rings. The normalized spacial score (nSPS) is 11.6. The van der Waals surface area contributed by atoms with Gasteiger partial charge in [-0.2, -0.15) is 9.90 Å². The number of nitrogens with zero attached hydrogens (tertiary/aromatic N) is 4. The van der Waals surface area contributed by atoms with Crippen LogP contribution in [0.5, 0.6) is 5.75 Å². The maximum Gasteiger partial charge on any atom is 0.573 e. The molecule has 0 unspecified atom stereocenters. The van der Waals surface area contributed by atoms with Crippen LogP contribution in [0.1, 0.15) is 28.0 Å². The topological polar surface area (TPSA) is 99.0 Å². The second-order valence-corrected chi connectivity index (χ2v) is 6.83. The fraction of sp³-hybridized carbons (Fsp3) is 0.167. The zero-order valence-corrected chi connectivity index (χ0v) is 16.2. The lowest BCUT2D eigenvalue weighted by Gasteiger charge is -2.08. The molecule has 2 aromatic heterocycles. The summed E-state index contributed by atoms with van der Waals surface area (Å²) >= 11 is 1.29. The lowest BCUT2D eigenvalue weighted by atomic mass is 10.2. The van der Waals surface area contributed by atoms with Crippen molar-refractivity contribution in [2.24, 2.45) is 0 Å². The summed E-state index contributed by atoms with van der Waals surface area (Å²) in [7, 11) is 0. The number of ketones is 1. The molecule has 3 rings (SSSR count). The molecular weight excluding hydrogens is 423 g/mol. The average Bonchev–Trinajstić information content (AvgIpc) is 3.29. The van der Waals surface area contributed by atoms with E-state index in [0.717, 1.165) is 18.2 Å². The van der Waals surface area contributed by atoms with Gasteiger partial charge in [-0.1, -0.05) is 12.1 Å². The number of carbonyl (C=O) groups is 2. The number of hydrogen-bond donors (Lipinski definition) is 1. The molecular formula is C18H14F3N5O3S. The van der Waals surface area contributed by atoms with Crippen LogP contribution in [-0.4, -0.2) is 38.0 Å². The van der Waals surface area contributed by atoms with E-state index in [-0.39, 0.29) is 23.9 Å². The van der Waals surface area contributed by atoms with Crippen molar-refractivity contribution in [1.29, 1.82) is 0 Å². The lowest BCUT2D eigenvalue weighted by Crippen LogP contribution is -2.17. The fourth-order valence-corrected chi connectivity index (χ4v) is 3.06. The molecule has 30 heavy (non-hydrogen) atoms. The highest BCUT2D eigenvalue weighted by Crippen LogP contribution is 2.23. The Kier molecular flexibility index (Phi) is 6.26. The van der Waals surface area contributed by atoms with Crippen molar-refractivity contribution in [1.82, 2.24) is 20.0 Å². The van der Waals surface area contributed by atoms with Gasteiger partial charge in [0.05, 0.1) is 6.20 Å². The Labute approximate surface area is 172 Å². The molecule has 8 nitrogen and oxygen atoms in total. The Morgan fingerprint density at radius 2 is 2.13 bits per heavy atom. The number of hydrogen-bond acceptors (Lipinski definition) is 7. The van der Waals surface area contributed by atoms with Crippen LogP contribution in [-0.2, 0) is 11.3 Å². The van der Waals surface area contributed by atoms with Gasteiger partial charge in [0.2, 0.25) is 5.91 Å². The molecule has 0 spiro atoms. The smallest absolute Gasteiger partial charge is 0.406 e. The second-order valence-electron chi connectivity index (χ2n) is 5.89. The van der Waals surface area contributed by atoms with Crippen LogP contribution in [0.15, 0.2) is 41.9 Å². The average molecular weight is 437 g/mol. The number of carbonyl (C=O) groups excluding carboxylic acids is 2. The number of amides is 1. The van der Waals surface area contributed by atoms with E-state index in [1.165, 1.54) is 47.5 Å². The van der Waals surface area contributed by atoms with E-state index in [1.54, 1.807) is 5.38 Å². The predicted molar refractivity (Wildman–Crippen MR) is 102 cm³/mol. The molecule has 156 valence electrons. The van der Waals surface area contributed by atoms with Gasteiger partial charge in [-0.3, -0.25) is 9.59 Å². The number of alkyl halides is 3. The SMILES string of the molecule is CC(=O)c1csc(Cn2ncc(NC(=O)/C=C\c3cccc(OC(F)(F)F)c3)n2)n1. The van der Waals surface area contributed by atoms with E-state index in [4.69, 9.17) is 0 Å². The van der Waals surface area contributed by atoms with Gasteiger partial charge in [-0.15, -0.1) is 29.6 Å². The van der Waals surface area contributed by atoms with Crippen LogP contribution in [0, 0.1) is 0 Å². The van der Waals surface area contributed by atoms with E-state index in [2.05, 4.69) is 25.2 Å². The first-order chi connectivity index (χ1) is 14.2. The highest BCUT2D eigenvalue weighted by molar-refractivity contribution is 7.09. The number of anilines is 1. The fourth-order valence-electron chi connectivity index (χ4n) is 2.25. The molecule has 1 aromatic carbocycles. The van der Waals surface area contributed by atoms with Gasteiger partial charge < -0.3 is 10.1 Å². The van der Waals surface area contributed by atoms with E-state index >= 15 is 0 Å². The molecule has 0 bridgehead atoms. The minimum atomic E-state index is -4.79. The lowest BCUT2D eigenvalue weighted by molar-refractivity contribution is -0.274. The number of Topliss-reactive ketones (excluding diaryl/α,β-unsaturated/α-hetero) is 1. The standard InChI is InChI=1S/C18H14F3N5O3S/c1-11(27)14-10-30-17(23-14)9-26-22-8-15(25-26)24-16(28)6-5-12-3-2-4-13(7-12)29-18(19,20)21/h2-8,10H,9H2,1H3,(H,24,25,28)/b6-5-. The third-order valence-corrected chi connectivity index (χ3v) is 4.33. The molecule has 2 heterocycles. The first-order valence-electron chi connectivity index (χ1n) is 8.38. The Bertz CT molecular complexity index is 1090. The van der Waals surface area contributed by atoms with Crippen LogP contribution < -0.4 is 10.1 Å². The summed E-state index contributed by atoms with van der Waals surface area (Å²) in [5.41, 5.74) is 0.714. The maximum atomic E-state index is 12.3. The number of benzene rings is 1. The van der Waals surface area contributed by atoms with Gasteiger partial charge in [0, 0.05) is 18.4 Å². The summed E-state index contributed by atoms with van der Waals surface area (Å²) < 4.78 is 40.6. The highest BCUT2D eigenvalue weighted by atomic mass is 32.1. The molecule has 1 N–H and O–H groups in total. The van der Waals surface area contributed by atoms with E-state index < -0.39 is 12.3 Å². The van der Waals surface area contributed by atoms with Gasteiger partial charge in [-0.05, 0) is 23.8 Å². The summed E-state index contributed by atoms with van der Waals surface area (Å²) in [6.45, 7) is 1.65. The van der Waals surface area contributed by atoms with Crippen LogP contribution >= 0.6 is 11.3 Å². The summed E-state index contributed by atoms with van der Waals surface area (Å²) in [6, 6.07) is 5.20. The van der Waals surface area contributed by atoms with Crippen LogP contribution in [0.3, 0.4) is 0 Å². The van der Waals surface area contributed by atoms with E-state index in [1.807, 2.05) is 0 Å². The Morgan fingerprint density at radius 1 is 1.33 bits per heavy atom. The number of halogens is 3. The quantitative estimate of drug-likeness (QED) is 0.449. The molecule has 0 saturated carbocycles. The van der Waals surface area contributed by atoms with E-state index in [0.29, 0.717) is 16.3 Å². The predicted octanol–water partition coefficient (Wildman–Crippen LogP) is 3.54. The molecule has 0 saturated heterocycles. The molecule has 0 atom stereocenters. The molecule has 0 fully saturated rings. The van der Waals surface area contributed by atoms with Crippen LogP contribution in [0.4, 0.5) is 19.0 Å². The third kappa shape index (κ3) is 6.24. The first kappa shape index (κ1) is 21.2. The van der Waals surface area contributed by atoms with Crippen molar-refractivity contribution in [3.8, 4) is 5.75 Å². The molecule has 12 heteroatoms. The van der Waals surface area contributed by atoms with Crippen LogP contribution in [0.25, 0.3) is 6.08 Å². The second kappa shape index (κ2) is 8.86. The molecule has 0 aliphatic heterocycles. The van der Waals surface area contributed by atoms with Gasteiger partial charge in [-0.25, -0.2) is 4.98 Å². The Morgan fingerprint density at radius 3 is 2.83 bits per heavy atom. The van der Waals surface area contributed by atoms with Gasteiger partial charge in [0.1, 0.15) is 23.0 Å². The largest absolute Gasteiger partial charge is 0.573 e. The summed E-state index contributed by atoms with van der Waals surface area (Å²) in [5, 5.41) is 12.9. The number of nitrogens with one attached hydrogen (secondary N) is 1. The number of rotatable bonds is 7. The van der Waals surface area contributed by atoms with E-state index in [9.17, 15) is 22.8 Å². The summed E-state index contributed by atoms with van der Waals surface area (Å²) in [5.74, 6) is -0.885. The van der Waals surface area contributed by atoms with Crippen LogP contribution in [0.2, 0.25) is 0 Å². The first-order valence-corrected chi connectivity index (χ1v) is 9.26. The van der Waals surface area contributed by atoms with Gasteiger partial charge in [0.15, 0.2) is 11.6 Å². The number of aromatic nitrogens is 4. The summed E-state index contributed by atoms with van der Waals surface area (Å²) in [4.78, 5) is 28.7. The molecule has 0 aliphatic rings. The Balaban J connectivity index is 1.57. The zero-order valence-electron chi connectivity index (χ0n) is 15.4. The minimum absolute atomic E-state index is 0.138. The molecule has 1 amide bonds. The zero-order chi connectivity index (χ0) is 21.7. The van der Waals surface area contributed by atoms with Crippen molar-refractivity contribution in [3.05, 3.63) is 58.2 Å². The van der Waals surface area contributed by atoms with Crippen molar-refractivity contribution in [2.75, 3.05) is 5.32 Å². The molecule has 0 radical (unpaired) electrons. The number of ether oxygens (including phenoxy) is 1. The van der Waals surface area contributed by atoms with Crippen molar-refractivity contribution in [3.63, 3.8) is 0 Å². The third-order valence-electron chi connectivity index (χ3n) is 3.50. The number of thiazole rings is 1. The van der Waals surface area contributed by atoms with Gasteiger partial charge >= 0.3 is 6.36 Å². The minimum Gasteiger partial charge on any atom is -0.406 e. The molecule has 0 aliphatic carbocycles. The van der Waals surface area contributed by atoms with Gasteiger partial charge in [0.25, 0.3) is 0 Å². The van der Waals surface area contributed by atoms with Crippen molar-refractivity contribution >= 4 is 34.9 Å². The van der Waals surface area contributed by atoms with Crippen molar-refractivity contribution in [2.45, 2.75) is 19.8 Å².